The molecule has 0 spiro atoms. The second-order valence-corrected chi connectivity index (χ2v) is 14.7. The summed E-state index contributed by atoms with van der Waals surface area (Å²) in [5.74, 6) is -1.07. The van der Waals surface area contributed by atoms with Crippen LogP contribution in [0.25, 0.3) is 0 Å². The molecule has 53 heavy (non-hydrogen) atoms. The molecule has 0 radical (unpaired) electrons. The van der Waals surface area contributed by atoms with Gasteiger partial charge in [-0.25, -0.2) is 4.57 Å². The van der Waals surface area contributed by atoms with E-state index >= 15 is 0 Å². The Morgan fingerprint density at radius 1 is 0.604 bits per heavy atom. The third-order valence-corrected chi connectivity index (χ3v) is 8.82. The van der Waals surface area contributed by atoms with Crippen molar-refractivity contribution in [2.45, 2.75) is 174 Å². The normalized spacial score (nSPS) is 13.8. The lowest BCUT2D eigenvalue weighted by Crippen LogP contribution is -2.29. The van der Waals surface area contributed by atoms with Gasteiger partial charge in [0.2, 0.25) is 0 Å². The van der Waals surface area contributed by atoms with Crippen molar-refractivity contribution in [2.75, 3.05) is 13.2 Å². The van der Waals surface area contributed by atoms with E-state index in [0.29, 0.717) is 19.3 Å². The minimum Gasteiger partial charge on any atom is -0.462 e. The van der Waals surface area contributed by atoms with Gasteiger partial charge in [0.1, 0.15) is 6.61 Å². The molecule has 0 aromatic heterocycles. The lowest BCUT2D eigenvalue weighted by molar-refractivity contribution is -0.161. The second kappa shape index (κ2) is 37.8. The molecule has 0 amide bonds. The minimum absolute atomic E-state index is 0.0591. The smallest absolute Gasteiger partial charge is 0.462 e. The van der Waals surface area contributed by atoms with Gasteiger partial charge in [0.05, 0.1) is 12.7 Å². The van der Waals surface area contributed by atoms with Crippen LogP contribution >= 0.6 is 7.82 Å². The van der Waals surface area contributed by atoms with Crippen molar-refractivity contribution < 1.29 is 43.0 Å². The second-order valence-electron chi connectivity index (χ2n) is 13.4. The van der Waals surface area contributed by atoms with Crippen molar-refractivity contribution >= 4 is 19.8 Å². The molecule has 0 bridgehead atoms. The lowest BCUT2D eigenvalue weighted by Gasteiger charge is -2.18. The monoisotopic (exact) mass is 764 g/mol. The molecule has 1 unspecified atom stereocenters. The van der Waals surface area contributed by atoms with Crippen molar-refractivity contribution in [1.82, 2.24) is 0 Å². The summed E-state index contributed by atoms with van der Waals surface area (Å²) in [6, 6.07) is 0. The molecule has 0 rings (SSSR count). The maximum absolute atomic E-state index is 12.4. The molecule has 10 heteroatoms. The molecule has 3 N–H and O–H groups in total. The van der Waals surface area contributed by atoms with E-state index in [4.69, 9.17) is 19.3 Å². The molecule has 0 aromatic rings. The van der Waals surface area contributed by atoms with Crippen LogP contribution in [0.2, 0.25) is 0 Å². The molecule has 304 valence electrons. The van der Waals surface area contributed by atoms with E-state index in [9.17, 15) is 19.3 Å². The molecule has 0 saturated carbocycles. The van der Waals surface area contributed by atoms with Gasteiger partial charge in [0, 0.05) is 12.8 Å². The molecule has 0 fully saturated rings. The fourth-order valence-corrected chi connectivity index (χ4v) is 5.67. The number of unbranched alkanes of at least 4 members (excludes halogenated alkanes) is 14. The van der Waals surface area contributed by atoms with Gasteiger partial charge in [0.25, 0.3) is 0 Å². The molecule has 0 heterocycles. The Labute approximate surface area is 322 Å². The van der Waals surface area contributed by atoms with Gasteiger partial charge in [-0.05, 0) is 44.9 Å². The Balaban J connectivity index is 4.16. The number of aliphatic hydroxyl groups excluding tert-OH is 1. The number of allylic oxidation sites excluding steroid dienone is 10. The Hall–Kier alpha value is -2.55. The molecule has 0 aliphatic rings. The SMILES string of the molecule is CC/C=C\C/C=C\C/C=C\C/C=C\C=C/C(O)C/C=C\CCC(=O)OC[C@H](COP(=O)(O)O)OC(=O)CCCCCCCCCCCCCCCCC. The van der Waals surface area contributed by atoms with Crippen molar-refractivity contribution in [1.29, 1.82) is 0 Å². The highest BCUT2D eigenvalue weighted by Gasteiger charge is 2.22. The zero-order valence-electron chi connectivity index (χ0n) is 33.0. The third-order valence-electron chi connectivity index (χ3n) is 8.33. The van der Waals surface area contributed by atoms with Crippen LogP contribution in [-0.4, -0.2) is 52.3 Å². The Morgan fingerprint density at radius 2 is 1.13 bits per heavy atom. The van der Waals surface area contributed by atoms with Gasteiger partial charge in [-0.1, -0.05) is 177 Å². The summed E-state index contributed by atoms with van der Waals surface area (Å²) < 4.78 is 26.2. The fraction of sp³-hybridized carbons (Fsp3) is 0.674. The van der Waals surface area contributed by atoms with Gasteiger partial charge < -0.3 is 24.4 Å². The molecule has 0 aliphatic heterocycles. The number of ether oxygens (including phenoxy) is 2. The zero-order valence-corrected chi connectivity index (χ0v) is 33.9. The van der Waals surface area contributed by atoms with Gasteiger partial charge in [0.15, 0.2) is 6.10 Å². The summed E-state index contributed by atoms with van der Waals surface area (Å²) in [5, 5.41) is 10.1. The summed E-state index contributed by atoms with van der Waals surface area (Å²) in [6.07, 6.45) is 45.1. The molecule has 2 atom stereocenters. The van der Waals surface area contributed by atoms with Crippen LogP contribution in [0, 0.1) is 0 Å². The van der Waals surface area contributed by atoms with E-state index in [0.717, 1.165) is 44.9 Å². The Morgan fingerprint density at radius 3 is 1.68 bits per heavy atom. The van der Waals surface area contributed by atoms with Gasteiger partial charge in [-0.2, -0.15) is 0 Å². The van der Waals surface area contributed by atoms with Crippen molar-refractivity contribution in [3.8, 4) is 0 Å². The highest BCUT2D eigenvalue weighted by molar-refractivity contribution is 7.46. The van der Waals surface area contributed by atoms with E-state index in [2.05, 4.69) is 54.8 Å². The van der Waals surface area contributed by atoms with E-state index in [-0.39, 0.29) is 19.4 Å². The van der Waals surface area contributed by atoms with Crippen LogP contribution in [0.4, 0.5) is 0 Å². The average molecular weight is 765 g/mol. The van der Waals surface area contributed by atoms with E-state index in [1.807, 2.05) is 18.2 Å². The van der Waals surface area contributed by atoms with E-state index < -0.39 is 38.6 Å². The number of carbonyl (C=O) groups excluding carboxylic acids is 2. The standard InChI is InChI=1S/C43H73O9P/c1-3-5-7-9-11-13-15-17-18-20-22-24-26-28-32-37-43(46)52-41(39-51-53(47,48)49)38-50-42(45)36-33-29-31-35-40(44)34-30-27-25-23-21-19-16-14-12-10-8-6-4-2/h6,8,12,14,19,21,25,27,29-31,34,40-41,44H,3-5,7,9-11,13,15-18,20,22-24,26,28,32-33,35-39H2,1-2H3,(H2,47,48,49)/b8-6-,14-12-,21-19-,27-25-,31-29-,34-30-/t40?,41-/m1/s1. The Bertz CT molecular complexity index is 1100. The predicted octanol–water partition coefficient (Wildman–Crippen LogP) is 11.3. The summed E-state index contributed by atoms with van der Waals surface area (Å²) in [7, 11) is -4.80. The largest absolute Gasteiger partial charge is 0.469 e. The van der Waals surface area contributed by atoms with Crippen LogP contribution < -0.4 is 0 Å². The number of hydrogen-bond donors (Lipinski definition) is 3. The topological polar surface area (TPSA) is 140 Å². The Kier molecular flexibility index (Phi) is 35.9. The lowest BCUT2D eigenvalue weighted by atomic mass is 10.0. The number of phosphoric acid groups is 1. The van der Waals surface area contributed by atoms with Crippen LogP contribution in [-0.2, 0) is 28.2 Å². The summed E-state index contributed by atoms with van der Waals surface area (Å²) in [4.78, 5) is 42.8. The number of aliphatic hydroxyl groups is 1. The van der Waals surface area contributed by atoms with Gasteiger partial charge in [-0.3, -0.25) is 14.1 Å². The van der Waals surface area contributed by atoms with E-state index in [1.54, 1.807) is 18.2 Å². The summed E-state index contributed by atoms with van der Waals surface area (Å²) >= 11 is 0. The van der Waals surface area contributed by atoms with Crippen LogP contribution in [0.1, 0.15) is 162 Å². The van der Waals surface area contributed by atoms with Crippen LogP contribution in [0.15, 0.2) is 72.9 Å². The highest BCUT2D eigenvalue weighted by Crippen LogP contribution is 2.36. The minimum atomic E-state index is -4.80. The quantitative estimate of drug-likeness (QED) is 0.0187. The summed E-state index contributed by atoms with van der Waals surface area (Å²) in [5.41, 5.74) is 0. The van der Waals surface area contributed by atoms with Crippen LogP contribution in [0.3, 0.4) is 0 Å². The first kappa shape index (κ1) is 50.5. The molecule has 0 aromatic carbocycles. The maximum Gasteiger partial charge on any atom is 0.469 e. The number of hydrogen-bond acceptors (Lipinski definition) is 7. The first-order valence-corrected chi connectivity index (χ1v) is 21.9. The fourth-order valence-electron chi connectivity index (χ4n) is 5.31. The molecule has 0 aliphatic carbocycles. The van der Waals surface area contributed by atoms with Gasteiger partial charge in [-0.15, -0.1) is 0 Å². The highest BCUT2D eigenvalue weighted by atomic mass is 31.2. The predicted molar refractivity (Wildman–Crippen MR) is 217 cm³/mol. The van der Waals surface area contributed by atoms with Crippen molar-refractivity contribution in [3.05, 3.63) is 72.9 Å². The number of carbonyl (C=O) groups is 2. The molecular formula is C43H73O9P. The van der Waals surface area contributed by atoms with Crippen LogP contribution in [0.5, 0.6) is 0 Å². The third kappa shape index (κ3) is 40.5. The molecule has 0 saturated heterocycles. The zero-order chi connectivity index (χ0) is 39.1. The van der Waals surface area contributed by atoms with Crippen molar-refractivity contribution in [3.63, 3.8) is 0 Å². The maximum atomic E-state index is 12.4. The number of rotatable bonds is 36. The first-order chi connectivity index (χ1) is 25.7. The molecule has 9 nitrogen and oxygen atoms in total. The average Bonchev–Trinajstić information content (AvgIpc) is 3.12. The van der Waals surface area contributed by atoms with Crippen molar-refractivity contribution in [2.24, 2.45) is 0 Å². The summed E-state index contributed by atoms with van der Waals surface area (Å²) in [6.45, 7) is 3.41. The molecular weight excluding hydrogens is 691 g/mol. The van der Waals surface area contributed by atoms with Gasteiger partial charge >= 0.3 is 19.8 Å². The first-order valence-electron chi connectivity index (χ1n) is 20.3. The number of phosphoric ester groups is 1. The van der Waals surface area contributed by atoms with E-state index in [1.165, 1.54) is 70.6 Å². The number of esters is 2.